The highest BCUT2D eigenvalue weighted by Gasteiger charge is 2.26. The fourth-order valence-electron chi connectivity index (χ4n) is 3.77. The van der Waals surface area contributed by atoms with E-state index in [0.29, 0.717) is 29.9 Å². The minimum Gasteiger partial charge on any atom is -0.368 e. The molecule has 0 unspecified atom stereocenters. The fourth-order valence-corrected chi connectivity index (χ4v) is 4.23. The molecule has 1 aromatic heterocycles. The van der Waals surface area contributed by atoms with Gasteiger partial charge in [0, 0.05) is 55.0 Å². The van der Waals surface area contributed by atoms with Crippen molar-refractivity contribution in [2.24, 2.45) is 7.05 Å². The summed E-state index contributed by atoms with van der Waals surface area (Å²) in [4.78, 5) is 26.6. The smallest absolute Gasteiger partial charge is 0.251 e. The van der Waals surface area contributed by atoms with Crippen LogP contribution in [0, 0.1) is 24.4 Å². The molecule has 1 amide bonds. The van der Waals surface area contributed by atoms with Crippen molar-refractivity contribution in [1.29, 1.82) is 0 Å². The Morgan fingerprint density at radius 2 is 1.83 bits per heavy atom. The Labute approximate surface area is 210 Å². The molecule has 10 heteroatoms. The molecule has 3 rings (SSSR count). The molecular weight excluding hydrogens is 525 g/mol. The van der Waals surface area contributed by atoms with Gasteiger partial charge in [-0.3, -0.25) is 9.48 Å². The zero-order valence-electron chi connectivity index (χ0n) is 20.0. The van der Waals surface area contributed by atoms with Crippen molar-refractivity contribution < 1.29 is 22.8 Å². The number of carbonyl (C=O) groups is 2. The first-order chi connectivity index (χ1) is 16.4. The van der Waals surface area contributed by atoms with E-state index in [2.05, 4.69) is 26.3 Å². The zero-order chi connectivity index (χ0) is 26.1. The molecule has 35 heavy (non-hydrogen) atoms. The van der Waals surface area contributed by atoms with Crippen LogP contribution in [0.15, 0.2) is 34.8 Å². The lowest BCUT2D eigenvalue weighted by Gasteiger charge is -2.28. The average Bonchev–Trinajstić information content (AvgIpc) is 3.03. The van der Waals surface area contributed by atoms with E-state index < -0.39 is 40.9 Å². The lowest BCUT2D eigenvalue weighted by atomic mass is 9.84. The first-order valence-corrected chi connectivity index (χ1v) is 11.6. The van der Waals surface area contributed by atoms with E-state index in [-0.39, 0.29) is 5.56 Å². The van der Waals surface area contributed by atoms with Gasteiger partial charge < -0.3 is 15.0 Å². The third-order valence-electron chi connectivity index (χ3n) is 5.84. The number of hydrogen-bond acceptors (Lipinski definition) is 4. The van der Waals surface area contributed by atoms with Crippen molar-refractivity contribution in [2.75, 3.05) is 11.9 Å². The number of rotatable bonds is 8. The number of aldehydes is 1. The summed E-state index contributed by atoms with van der Waals surface area (Å²) in [6.07, 6.45) is 0.837. The second kappa shape index (κ2) is 10.2. The average molecular weight is 551 g/mol. The summed E-state index contributed by atoms with van der Waals surface area (Å²) >= 11 is 3.56. The molecule has 0 spiro atoms. The minimum atomic E-state index is -1.08. The molecule has 2 aromatic carbocycles. The maximum absolute atomic E-state index is 13.9. The third-order valence-corrected chi connectivity index (χ3v) is 6.87. The molecule has 0 aliphatic carbocycles. The molecule has 3 aromatic rings. The number of hydrogen-bond donors (Lipinski definition) is 1. The van der Waals surface area contributed by atoms with Crippen LogP contribution >= 0.6 is 15.9 Å². The van der Waals surface area contributed by atoms with E-state index in [1.165, 1.54) is 0 Å². The van der Waals surface area contributed by atoms with Crippen molar-refractivity contribution in [2.45, 2.75) is 39.3 Å². The van der Waals surface area contributed by atoms with Crippen LogP contribution in [0.5, 0.6) is 0 Å². The van der Waals surface area contributed by atoms with Crippen molar-refractivity contribution in [3.05, 3.63) is 80.3 Å². The number of aromatic nitrogens is 2. The van der Waals surface area contributed by atoms with Gasteiger partial charge in [-0.25, -0.2) is 13.2 Å². The first kappa shape index (κ1) is 26.5. The number of nitrogens with zero attached hydrogens (tertiary/aromatic N) is 3. The molecule has 0 saturated carbocycles. The quantitative estimate of drug-likeness (QED) is 0.403. The number of amides is 1. The SMILES string of the molecule is Cc1nn(C)c(CN(C)c2cc(C(=O)NCc3c(F)cc(F)cc3F)ccc2C(C)(C)C=O)c1Br. The molecule has 0 aliphatic rings. The second-order valence-corrected chi connectivity index (χ2v) is 9.72. The van der Waals surface area contributed by atoms with E-state index in [0.717, 1.165) is 22.1 Å². The maximum Gasteiger partial charge on any atom is 0.251 e. The summed E-state index contributed by atoms with van der Waals surface area (Å²) in [7, 11) is 3.66. The summed E-state index contributed by atoms with van der Waals surface area (Å²) in [6.45, 7) is 5.40. The van der Waals surface area contributed by atoms with E-state index >= 15 is 0 Å². The van der Waals surface area contributed by atoms with Crippen molar-refractivity contribution in [1.82, 2.24) is 15.1 Å². The van der Waals surface area contributed by atoms with Gasteiger partial charge >= 0.3 is 0 Å². The molecule has 1 N–H and O–H groups in total. The maximum atomic E-state index is 13.9. The van der Waals surface area contributed by atoms with Crippen molar-refractivity contribution >= 4 is 33.8 Å². The number of anilines is 1. The lowest BCUT2D eigenvalue weighted by Crippen LogP contribution is -2.28. The summed E-state index contributed by atoms with van der Waals surface area (Å²) in [5, 5.41) is 6.88. The van der Waals surface area contributed by atoms with Gasteiger partial charge in [0.2, 0.25) is 0 Å². The van der Waals surface area contributed by atoms with Gasteiger partial charge in [0.05, 0.1) is 22.4 Å². The van der Waals surface area contributed by atoms with Gasteiger partial charge in [-0.15, -0.1) is 0 Å². The van der Waals surface area contributed by atoms with Gasteiger partial charge in [-0.1, -0.05) is 6.07 Å². The molecule has 6 nitrogen and oxygen atoms in total. The van der Waals surface area contributed by atoms with Gasteiger partial charge in [0.15, 0.2) is 0 Å². The fraction of sp³-hybridized carbons (Fsp3) is 0.320. The summed E-state index contributed by atoms with van der Waals surface area (Å²) in [5.41, 5.74) is 2.04. The van der Waals surface area contributed by atoms with Crippen LogP contribution in [0.4, 0.5) is 18.9 Å². The summed E-state index contributed by atoms with van der Waals surface area (Å²) in [5.74, 6) is -3.77. The Hall–Kier alpha value is -3.14. The topological polar surface area (TPSA) is 67.2 Å². The molecule has 0 saturated heterocycles. The predicted molar refractivity (Wildman–Crippen MR) is 131 cm³/mol. The number of aryl methyl sites for hydroxylation is 2. The standard InChI is InChI=1S/C25H26BrF3N4O2/c1-14-23(26)22(33(5)31-14)12-32(4)21-8-15(6-7-18(21)25(2,3)13-34)24(35)30-11-17-19(28)9-16(27)10-20(17)29/h6-10,13H,11-12H2,1-5H3,(H,30,35). The van der Waals surface area contributed by atoms with Gasteiger partial charge in [0.25, 0.3) is 5.91 Å². The summed E-state index contributed by atoms with van der Waals surface area (Å²) in [6, 6.07) is 6.00. The van der Waals surface area contributed by atoms with Gasteiger partial charge in [0.1, 0.15) is 23.7 Å². The molecule has 0 atom stereocenters. The van der Waals surface area contributed by atoms with Crippen molar-refractivity contribution in [3.8, 4) is 0 Å². The molecule has 0 radical (unpaired) electrons. The van der Waals surface area contributed by atoms with Gasteiger partial charge in [-0.05, 0) is 54.4 Å². The first-order valence-electron chi connectivity index (χ1n) is 10.8. The minimum absolute atomic E-state index is 0.237. The molecule has 1 heterocycles. The third kappa shape index (κ3) is 5.58. The number of nitrogens with one attached hydrogen (secondary N) is 1. The number of carbonyl (C=O) groups excluding carboxylic acids is 2. The Bertz CT molecular complexity index is 1270. The highest BCUT2D eigenvalue weighted by Crippen LogP contribution is 2.33. The van der Waals surface area contributed by atoms with Crippen LogP contribution in [-0.4, -0.2) is 29.0 Å². The van der Waals surface area contributed by atoms with Crippen LogP contribution in [-0.2, 0) is 30.3 Å². The molecule has 0 fully saturated rings. The number of benzene rings is 2. The Morgan fingerprint density at radius 3 is 2.37 bits per heavy atom. The summed E-state index contributed by atoms with van der Waals surface area (Å²) < 4.78 is 43.7. The second-order valence-electron chi connectivity index (χ2n) is 8.93. The Kier molecular flexibility index (Phi) is 7.74. The van der Waals surface area contributed by atoms with Crippen LogP contribution in [0.1, 0.15) is 46.7 Å². The van der Waals surface area contributed by atoms with E-state index in [1.54, 1.807) is 36.7 Å². The van der Waals surface area contributed by atoms with E-state index in [4.69, 9.17) is 0 Å². The highest BCUT2D eigenvalue weighted by molar-refractivity contribution is 9.10. The van der Waals surface area contributed by atoms with Crippen LogP contribution in [0.3, 0.4) is 0 Å². The van der Waals surface area contributed by atoms with Crippen LogP contribution in [0.25, 0.3) is 0 Å². The van der Waals surface area contributed by atoms with Crippen LogP contribution < -0.4 is 10.2 Å². The highest BCUT2D eigenvalue weighted by atomic mass is 79.9. The molecule has 186 valence electrons. The lowest BCUT2D eigenvalue weighted by molar-refractivity contribution is -0.111. The molecule has 0 bridgehead atoms. The van der Waals surface area contributed by atoms with E-state index in [9.17, 15) is 22.8 Å². The molecular formula is C25H26BrF3N4O2. The molecule has 0 aliphatic heterocycles. The van der Waals surface area contributed by atoms with Crippen LogP contribution in [0.2, 0.25) is 0 Å². The monoisotopic (exact) mass is 550 g/mol. The Balaban J connectivity index is 1.93. The number of halogens is 4. The van der Waals surface area contributed by atoms with Gasteiger partial charge in [-0.2, -0.15) is 5.10 Å². The van der Waals surface area contributed by atoms with E-state index in [1.807, 2.05) is 25.9 Å². The van der Waals surface area contributed by atoms with Crippen molar-refractivity contribution in [3.63, 3.8) is 0 Å². The zero-order valence-corrected chi connectivity index (χ0v) is 21.6. The Morgan fingerprint density at radius 1 is 1.20 bits per heavy atom. The normalized spacial score (nSPS) is 11.5. The predicted octanol–water partition coefficient (Wildman–Crippen LogP) is 4.95. The largest absolute Gasteiger partial charge is 0.368 e.